The molecule has 1 saturated heterocycles. The number of nitro groups is 1. The highest BCUT2D eigenvalue weighted by Crippen LogP contribution is 2.24. The van der Waals surface area contributed by atoms with Crippen molar-refractivity contribution in [3.8, 4) is 0 Å². The van der Waals surface area contributed by atoms with Crippen LogP contribution < -0.4 is 5.32 Å². The molecular formula is C15H21N3O4. The average Bonchev–Trinajstić information content (AvgIpc) is 3.04. The number of carbonyl (C=O) groups is 1. The van der Waals surface area contributed by atoms with E-state index in [1.54, 1.807) is 18.0 Å². The summed E-state index contributed by atoms with van der Waals surface area (Å²) >= 11 is 0. The Balaban J connectivity index is 2.24. The van der Waals surface area contributed by atoms with Crippen molar-refractivity contribution in [1.82, 2.24) is 4.90 Å². The lowest BCUT2D eigenvalue weighted by molar-refractivity contribution is -0.384. The monoisotopic (exact) mass is 307 g/mol. The molecule has 1 aromatic carbocycles. The Hall–Kier alpha value is -2.15. The quantitative estimate of drug-likeness (QED) is 0.643. The molecule has 0 saturated carbocycles. The molecule has 1 aromatic rings. The van der Waals surface area contributed by atoms with E-state index in [0.29, 0.717) is 36.9 Å². The Labute approximate surface area is 129 Å². The minimum atomic E-state index is -0.489. The van der Waals surface area contributed by atoms with Crippen LogP contribution in [-0.2, 0) is 4.74 Å². The third kappa shape index (κ3) is 3.54. The van der Waals surface area contributed by atoms with Gasteiger partial charge in [-0.1, -0.05) is 0 Å². The van der Waals surface area contributed by atoms with E-state index in [9.17, 15) is 14.9 Å². The van der Waals surface area contributed by atoms with Gasteiger partial charge < -0.3 is 15.0 Å². The van der Waals surface area contributed by atoms with Crippen molar-refractivity contribution in [3.63, 3.8) is 0 Å². The molecule has 120 valence electrons. The Morgan fingerprint density at radius 2 is 2.32 bits per heavy atom. The first-order valence-corrected chi connectivity index (χ1v) is 7.40. The van der Waals surface area contributed by atoms with E-state index in [4.69, 9.17) is 4.74 Å². The van der Waals surface area contributed by atoms with Gasteiger partial charge in [0, 0.05) is 50.5 Å². The Kier molecular flexibility index (Phi) is 5.32. The van der Waals surface area contributed by atoms with E-state index in [-0.39, 0.29) is 11.6 Å². The molecule has 0 aliphatic carbocycles. The highest BCUT2D eigenvalue weighted by atomic mass is 16.6. The van der Waals surface area contributed by atoms with E-state index in [2.05, 4.69) is 5.32 Å². The number of benzene rings is 1. The van der Waals surface area contributed by atoms with Crippen molar-refractivity contribution in [3.05, 3.63) is 33.9 Å². The summed E-state index contributed by atoms with van der Waals surface area (Å²) in [4.78, 5) is 24.9. The van der Waals surface area contributed by atoms with Gasteiger partial charge in [-0.15, -0.1) is 0 Å². The van der Waals surface area contributed by atoms with Crippen LogP contribution in [0, 0.1) is 16.0 Å². The SMILES string of the molecule is CCN(CC1CCOC1)C(=O)c1cc([N+](=O)[O-])ccc1NC. The third-order valence-corrected chi connectivity index (χ3v) is 3.89. The summed E-state index contributed by atoms with van der Waals surface area (Å²) in [6.45, 7) is 4.47. The summed E-state index contributed by atoms with van der Waals surface area (Å²) in [6, 6.07) is 4.30. The molecule has 1 aliphatic rings. The van der Waals surface area contributed by atoms with Gasteiger partial charge >= 0.3 is 0 Å². The lowest BCUT2D eigenvalue weighted by Crippen LogP contribution is -2.35. The fourth-order valence-electron chi connectivity index (χ4n) is 2.61. The number of non-ortho nitro benzene ring substituents is 1. The highest BCUT2D eigenvalue weighted by molar-refractivity contribution is 6.00. The van der Waals surface area contributed by atoms with Crippen molar-refractivity contribution in [1.29, 1.82) is 0 Å². The van der Waals surface area contributed by atoms with Crippen LogP contribution in [-0.4, -0.2) is 49.1 Å². The minimum Gasteiger partial charge on any atom is -0.387 e. The molecule has 1 amide bonds. The maximum atomic E-state index is 12.7. The van der Waals surface area contributed by atoms with Crippen molar-refractivity contribution in [2.45, 2.75) is 13.3 Å². The molecule has 7 nitrogen and oxygen atoms in total. The number of ether oxygens (including phenoxy) is 1. The van der Waals surface area contributed by atoms with Gasteiger partial charge in [0.05, 0.1) is 17.1 Å². The van der Waals surface area contributed by atoms with Gasteiger partial charge in [-0.25, -0.2) is 0 Å². The van der Waals surface area contributed by atoms with E-state index in [1.165, 1.54) is 12.1 Å². The van der Waals surface area contributed by atoms with E-state index in [0.717, 1.165) is 13.0 Å². The maximum absolute atomic E-state index is 12.7. The number of nitrogens with zero attached hydrogens (tertiary/aromatic N) is 2. The van der Waals surface area contributed by atoms with Crippen LogP contribution in [0.3, 0.4) is 0 Å². The van der Waals surface area contributed by atoms with Crippen LogP contribution in [0.1, 0.15) is 23.7 Å². The summed E-state index contributed by atoms with van der Waals surface area (Å²) in [7, 11) is 1.69. The van der Waals surface area contributed by atoms with Gasteiger partial charge in [0.15, 0.2) is 0 Å². The smallest absolute Gasteiger partial charge is 0.270 e. The van der Waals surface area contributed by atoms with Gasteiger partial charge in [0.2, 0.25) is 0 Å². The zero-order chi connectivity index (χ0) is 16.1. The van der Waals surface area contributed by atoms with Crippen molar-refractivity contribution < 1.29 is 14.5 Å². The van der Waals surface area contributed by atoms with Crippen molar-refractivity contribution >= 4 is 17.3 Å². The Bertz CT molecular complexity index is 556. The summed E-state index contributed by atoms with van der Waals surface area (Å²) in [5.41, 5.74) is 0.844. The van der Waals surface area contributed by atoms with Crippen LogP contribution in [0.5, 0.6) is 0 Å². The number of nitrogens with one attached hydrogen (secondary N) is 1. The van der Waals surface area contributed by atoms with Gasteiger partial charge in [0.25, 0.3) is 11.6 Å². The fraction of sp³-hybridized carbons (Fsp3) is 0.533. The minimum absolute atomic E-state index is 0.0809. The first kappa shape index (κ1) is 16.2. The molecule has 0 spiro atoms. The van der Waals surface area contributed by atoms with Gasteiger partial charge in [-0.2, -0.15) is 0 Å². The molecule has 2 rings (SSSR count). The summed E-state index contributed by atoms with van der Waals surface area (Å²) in [5.74, 6) is 0.142. The van der Waals surface area contributed by atoms with Crippen LogP contribution in [0.15, 0.2) is 18.2 Å². The summed E-state index contributed by atoms with van der Waals surface area (Å²) < 4.78 is 5.34. The Morgan fingerprint density at radius 3 is 2.86 bits per heavy atom. The third-order valence-electron chi connectivity index (χ3n) is 3.89. The molecule has 1 N–H and O–H groups in total. The predicted molar refractivity (Wildman–Crippen MR) is 83.1 cm³/mol. The van der Waals surface area contributed by atoms with Crippen LogP contribution in [0.4, 0.5) is 11.4 Å². The molecule has 0 bridgehead atoms. The van der Waals surface area contributed by atoms with Gasteiger partial charge in [-0.3, -0.25) is 14.9 Å². The molecule has 22 heavy (non-hydrogen) atoms. The normalized spacial score (nSPS) is 17.3. The second-order valence-electron chi connectivity index (χ2n) is 5.31. The standard InChI is InChI=1S/C15H21N3O4/c1-3-17(9-11-6-7-22-10-11)15(19)13-8-12(18(20)21)4-5-14(13)16-2/h4-5,8,11,16H,3,6-7,9-10H2,1-2H3. The van der Waals surface area contributed by atoms with Crippen LogP contribution in [0.2, 0.25) is 0 Å². The molecule has 7 heteroatoms. The van der Waals surface area contributed by atoms with Crippen molar-refractivity contribution in [2.24, 2.45) is 5.92 Å². The van der Waals surface area contributed by atoms with Crippen LogP contribution in [0.25, 0.3) is 0 Å². The highest BCUT2D eigenvalue weighted by Gasteiger charge is 2.25. The predicted octanol–water partition coefficient (Wildman–Crippen LogP) is 2.14. The molecule has 1 fully saturated rings. The maximum Gasteiger partial charge on any atom is 0.270 e. The molecule has 0 radical (unpaired) electrons. The van der Waals surface area contributed by atoms with Gasteiger partial charge in [0.1, 0.15) is 0 Å². The molecule has 1 unspecified atom stereocenters. The first-order chi connectivity index (χ1) is 10.6. The molecule has 1 heterocycles. The second kappa shape index (κ2) is 7.22. The largest absolute Gasteiger partial charge is 0.387 e. The number of hydrogen-bond acceptors (Lipinski definition) is 5. The van der Waals surface area contributed by atoms with E-state index >= 15 is 0 Å². The number of hydrogen-bond donors (Lipinski definition) is 1. The average molecular weight is 307 g/mol. The van der Waals surface area contributed by atoms with Crippen molar-refractivity contribution in [2.75, 3.05) is 38.7 Å². The number of nitro benzene ring substituents is 1. The second-order valence-corrected chi connectivity index (χ2v) is 5.31. The zero-order valence-corrected chi connectivity index (χ0v) is 12.9. The lowest BCUT2D eigenvalue weighted by atomic mass is 10.1. The fourth-order valence-corrected chi connectivity index (χ4v) is 2.61. The van der Waals surface area contributed by atoms with E-state index in [1.807, 2.05) is 6.92 Å². The molecule has 0 aromatic heterocycles. The Morgan fingerprint density at radius 1 is 1.55 bits per heavy atom. The number of amides is 1. The topological polar surface area (TPSA) is 84.7 Å². The number of rotatable bonds is 6. The molecule has 1 aliphatic heterocycles. The lowest BCUT2D eigenvalue weighted by Gasteiger charge is -2.24. The molecule has 1 atom stereocenters. The number of carbonyl (C=O) groups excluding carboxylic acids is 1. The summed E-state index contributed by atoms with van der Waals surface area (Å²) in [5, 5.41) is 13.9. The first-order valence-electron chi connectivity index (χ1n) is 7.40. The molecular weight excluding hydrogens is 286 g/mol. The van der Waals surface area contributed by atoms with Gasteiger partial charge in [-0.05, 0) is 19.4 Å². The number of anilines is 1. The zero-order valence-electron chi connectivity index (χ0n) is 12.9. The summed E-state index contributed by atoms with van der Waals surface area (Å²) in [6.07, 6.45) is 0.942. The van der Waals surface area contributed by atoms with Crippen LogP contribution >= 0.6 is 0 Å². The van der Waals surface area contributed by atoms with E-state index < -0.39 is 4.92 Å².